The van der Waals surface area contributed by atoms with Gasteiger partial charge in [0.15, 0.2) is 0 Å². The molecule has 0 bridgehead atoms. The number of anilines is 1. The van der Waals surface area contributed by atoms with E-state index in [2.05, 4.69) is 44.1 Å². The van der Waals surface area contributed by atoms with Crippen molar-refractivity contribution in [2.45, 2.75) is 26.7 Å². The first-order valence-corrected chi connectivity index (χ1v) is 7.57. The van der Waals surface area contributed by atoms with Crippen molar-refractivity contribution in [2.75, 3.05) is 31.5 Å². The SMILES string of the molecule is CCN1CCC(CNc2ccc(Br)c(C)n2)CC1. The van der Waals surface area contributed by atoms with E-state index in [9.17, 15) is 0 Å². The zero-order chi connectivity index (χ0) is 13.0. The average Bonchev–Trinajstić information content (AvgIpc) is 2.41. The van der Waals surface area contributed by atoms with Gasteiger partial charge in [0.1, 0.15) is 5.82 Å². The summed E-state index contributed by atoms with van der Waals surface area (Å²) in [5.74, 6) is 1.78. The van der Waals surface area contributed by atoms with Crippen LogP contribution in [-0.2, 0) is 0 Å². The summed E-state index contributed by atoms with van der Waals surface area (Å²) in [7, 11) is 0. The molecule has 0 saturated carbocycles. The normalized spacial score (nSPS) is 17.9. The van der Waals surface area contributed by atoms with Crippen LogP contribution >= 0.6 is 15.9 Å². The van der Waals surface area contributed by atoms with Gasteiger partial charge in [-0.15, -0.1) is 0 Å². The molecular weight excluding hydrogens is 290 g/mol. The first-order chi connectivity index (χ1) is 8.69. The maximum atomic E-state index is 4.52. The van der Waals surface area contributed by atoms with Crippen LogP contribution < -0.4 is 5.32 Å². The van der Waals surface area contributed by atoms with Crippen LogP contribution in [0.15, 0.2) is 16.6 Å². The van der Waals surface area contributed by atoms with Crippen molar-refractivity contribution >= 4 is 21.7 Å². The van der Waals surface area contributed by atoms with E-state index in [1.54, 1.807) is 0 Å². The summed E-state index contributed by atoms with van der Waals surface area (Å²) in [4.78, 5) is 7.05. The van der Waals surface area contributed by atoms with Crippen molar-refractivity contribution in [2.24, 2.45) is 5.92 Å². The third kappa shape index (κ3) is 3.69. The lowest BCUT2D eigenvalue weighted by Gasteiger charge is -2.31. The van der Waals surface area contributed by atoms with Gasteiger partial charge in [-0.1, -0.05) is 6.92 Å². The van der Waals surface area contributed by atoms with E-state index in [4.69, 9.17) is 0 Å². The average molecular weight is 312 g/mol. The lowest BCUT2D eigenvalue weighted by Crippen LogP contribution is -2.35. The lowest BCUT2D eigenvalue weighted by molar-refractivity contribution is 0.198. The molecule has 1 aliphatic heterocycles. The highest BCUT2D eigenvalue weighted by molar-refractivity contribution is 9.10. The van der Waals surface area contributed by atoms with Crippen molar-refractivity contribution in [1.29, 1.82) is 0 Å². The molecule has 2 heterocycles. The maximum Gasteiger partial charge on any atom is 0.126 e. The van der Waals surface area contributed by atoms with Gasteiger partial charge < -0.3 is 10.2 Å². The standard InChI is InChI=1S/C14H22BrN3/c1-3-18-8-6-12(7-9-18)10-16-14-5-4-13(15)11(2)17-14/h4-5,12H,3,6-10H2,1-2H3,(H,16,17). The summed E-state index contributed by atoms with van der Waals surface area (Å²) in [5, 5.41) is 3.46. The van der Waals surface area contributed by atoms with Crippen LogP contribution in [0.25, 0.3) is 0 Å². The Morgan fingerprint density at radius 1 is 1.39 bits per heavy atom. The molecule has 0 aromatic carbocycles. The highest BCUT2D eigenvalue weighted by atomic mass is 79.9. The van der Waals surface area contributed by atoms with Gasteiger partial charge >= 0.3 is 0 Å². The maximum absolute atomic E-state index is 4.52. The smallest absolute Gasteiger partial charge is 0.126 e. The zero-order valence-corrected chi connectivity index (χ0v) is 12.8. The fourth-order valence-electron chi connectivity index (χ4n) is 2.40. The first-order valence-electron chi connectivity index (χ1n) is 6.78. The van der Waals surface area contributed by atoms with E-state index in [0.717, 1.165) is 28.4 Å². The largest absolute Gasteiger partial charge is 0.370 e. The van der Waals surface area contributed by atoms with Crippen LogP contribution in [-0.4, -0.2) is 36.1 Å². The summed E-state index contributed by atoms with van der Waals surface area (Å²) in [5.41, 5.74) is 1.04. The molecule has 100 valence electrons. The van der Waals surface area contributed by atoms with E-state index >= 15 is 0 Å². The topological polar surface area (TPSA) is 28.2 Å². The third-order valence-electron chi connectivity index (χ3n) is 3.75. The summed E-state index contributed by atoms with van der Waals surface area (Å²) < 4.78 is 1.07. The predicted octanol–water partition coefficient (Wildman–Crippen LogP) is 3.30. The first kappa shape index (κ1) is 13.8. The molecule has 1 aromatic heterocycles. The van der Waals surface area contributed by atoms with Gasteiger partial charge in [-0.05, 0) is 73.4 Å². The van der Waals surface area contributed by atoms with E-state index in [0.29, 0.717) is 0 Å². The molecule has 0 aliphatic carbocycles. The molecule has 2 rings (SSSR count). The van der Waals surface area contributed by atoms with Gasteiger partial charge in [-0.2, -0.15) is 0 Å². The van der Waals surface area contributed by atoms with E-state index < -0.39 is 0 Å². The molecular formula is C14H22BrN3. The third-order valence-corrected chi connectivity index (χ3v) is 4.59. The Labute approximate surface area is 118 Å². The Hall–Kier alpha value is -0.610. The Morgan fingerprint density at radius 3 is 2.72 bits per heavy atom. The van der Waals surface area contributed by atoms with Crippen molar-refractivity contribution in [3.8, 4) is 0 Å². The molecule has 1 aliphatic rings. The van der Waals surface area contributed by atoms with Gasteiger partial charge in [-0.25, -0.2) is 4.98 Å². The zero-order valence-electron chi connectivity index (χ0n) is 11.2. The number of pyridine rings is 1. The van der Waals surface area contributed by atoms with Crippen LogP contribution in [0.1, 0.15) is 25.5 Å². The van der Waals surface area contributed by atoms with Gasteiger partial charge in [-0.3, -0.25) is 0 Å². The molecule has 18 heavy (non-hydrogen) atoms. The lowest BCUT2D eigenvalue weighted by atomic mass is 9.97. The number of nitrogens with zero attached hydrogens (tertiary/aromatic N) is 2. The number of hydrogen-bond acceptors (Lipinski definition) is 3. The molecule has 0 radical (unpaired) electrons. The van der Waals surface area contributed by atoms with E-state index in [-0.39, 0.29) is 0 Å². The van der Waals surface area contributed by atoms with E-state index in [1.165, 1.54) is 32.5 Å². The second-order valence-corrected chi connectivity index (χ2v) is 5.88. The Morgan fingerprint density at radius 2 is 2.11 bits per heavy atom. The Kier molecular flexibility index (Phi) is 5.01. The number of piperidine rings is 1. The van der Waals surface area contributed by atoms with Crippen molar-refractivity contribution in [1.82, 2.24) is 9.88 Å². The van der Waals surface area contributed by atoms with Crippen molar-refractivity contribution in [3.05, 3.63) is 22.3 Å². The molecule has 0 amide bonds. The second-order valence-electron chi connectivity index (χ2n) is 5.02. The quantitative estimate of drug-likeness (QED) is 0.924. The van der Waals surface area contributed by atoms with Gasteiger partial charge in [0, 0.05) is 11.0 Å². The summed E-state index contributed by atoms with van der Waals surface area (Å²) in [6.07, 6.45) is 2.60. The van der Waals surface area contributed by atoms with Gasteiger partial charge in [0.2, 0.25) is 0 Å². The molecule has 1 N–H and O–H groups in total. The fraction of sp³-hybridized carbons (Fsp3) is 0.643. The molecule has 3 nitrogen and oxygen atoms in total. The summed E-state index contributed by atoms with van der Waals surface area (Å²) in [6, 6.07) is 4.10. The monoisotopic (exact) mass is 311 g/mol. The van der Waals surface area contributed by atoms with E-state index in [1.807, 2.05) is 13.0 Å². The van der Waals surface area contributed by atoms with Crippen LogP contribution in [0.2, 0.25) is 0 Å². The number of nitrogens with one attached hydrogen (secondary N) is 1. The molecule has 1 aromatic rings. The summed E-state index contributed by atoms with van der Waals surface area (Å²) >= 11 is 3.48. The predicted molar refractivity (Wildman–Crippen MR) is 80.0 cm³/mol. The number of rotatable bonds is 4. The number of aryl methyl sites for hydroxylation is 1. The number of likely N-dealkylation sites (tertiary alicyclic amines) is 1. The number of halogens is 1. The number of aromatic nitrogens is 1. The van der Waals surface area contributed by atoms with Gasteiger partial charge in [0.05, 0.1) is 5.69 Å². The highest BCUT2D eigenvalue weighted by Gasteiger charge is 2.17. The second kappa shape index (κ2) is 6.53. The fourth-order valence-corrected chi connectivity index (χ4v) is 2.62. The molecule has 0 spiro atoms. The van der Waals surface area contributed by atoms with Crippen LogP contribution in [0.5, 0.6) is 0 Å². The van der Waals surface area contributed by atoms with Crippen LogP contribution in [0.3, 0.4) is 0 Å². The Bertz CT molecular complexity index is 387. The summed E-state index contributed by atoms with van der Waals surface area (Å²) in [6.45, 7) is 8.99. The minimum Gasteiger partial charge on any atom is -0.370 e. The highest BCUT2D eigenvalue weighted by Crippen LogP contribution is 2.19. The minimum atomic E-state index is 0.790. The van der Waals surface area contributed by atoms with Crippen LogP contribution in [0, 0.1) is 12.8 Å². The minimum absolute atomic E-state index is 0.790. The van der Waals surface area contributed by atoms with Crippen molar-refractivity contribution in [3.63, 3.8) is 0 Å². The Balaban J connectivity index is 1.79. The number of hydrogen-bond donors (Lipinski definition) is 1. The van der Waals surface area contributed by atoms with Crippen molar-refractivity contribution < 1.29 is 0 Å². The van der Waals surface area contributed by atoms with Crippen LogP contribution in [0.4, 0.5) is 5.82 Å². The van der Waals surface area contributed by atoms with Gasteiger partial charge in [0.25, 0.3) is 0 Å². The molecule has 0 atom stereocenters. The molecule has 4 heteroatoms. The molecule has 0 unspecified atom stereocenters. The molecule has 1 fully saturated rings. The molecule has 1 saturated heterocycles.